The van der Waals surface area contributed by atoms with Gasteiger partial charge in [-0.1, -0.05) is 30.4 Å². The minimum Gasteiger partial charge on any atom is -0.493 e. The molecule has 2 saturated heterocycles. The second kappa shape index (κ2) is 6.88. The Morgan fingerprint density at radius 3 is 2.63 bits per heavy atom. The van der Waals surface area contributed by atoms with Crippen LogP contribution in [0.2, 0.25) is 0 Å². The molecule has 1 N–H and O–H groups in total. The molecule has 0 radical (unpaired) electrons. The van der Waals surface area contributed by atoms with Gasteiger partial charge in [-0.3, -0.25) is 9.59 Å². The van der Waals surface area contributed by atoms with E-state index in [1.165, 1.54) is 7.11 Å². The summed E-state index contributed by atoms with van der Waals surface area (Å²) in [6, 6.07) is 14.6. The fourth-order valence-electron chi connectivity index (χ4n) is 4.76. The minimum atomic E-state index is -0.753. The number of amides is 2. The van der Waals surface area contributed by atoms with E-state index in [1.807, 2.05) is 42.5 Å². The number of fused-ring (bicyclic) bond motifs is 1. The van der Waals surface area contributed by atoms with Crippen LogP contribution in [0.1, 0.15) is 0 Å². The number of nitrogens with one attached hydrogen (secondary N) is 1. The molecule has 2 amide bonds. The van der Waals surface area contributed by atoms with Crippen LogP contribution in [0, 0.1) is 11.8 Å². The van der Waals surface area contributed by atoms with Crippen molar-refractivity contribution in [3.8, 4) is 11.5 Å². The lowest BCUT2D eigenvalue weighted by Gasteiger charge is -2.23. The predicted octanol–water partition coefficient (Wildman–Crippen LogP) is 2.63. The van der Waals surface area contributed by atoms with Crippen LogP contribution in [0.3, 0.4) is 0 Å². The van der Waals surface area contributed by atoms with Crippen LogP contribution in [0.25, 0.3) is 0 Å². The molecule has 0 aromatic heterocycles. The molecule has 1 spiro atoms. The maximum atomic E-state index is 13.3. The first kappa shape index (κ1) is 18.7. The Hall–Kier alpha value is -3.32. The highest BCUT2D eigenvalue weighted by molar-refractivity contribution is 6.05. The molecule has 3 aliphatic heterocycles. The molecular formula is C23H22N2O5. The molecule has 0 aliphatic carbocycles. The van der Waals surface area contributed by atoms with Crippen molar-refractivity contribution in [2.75, 3.05) is 31.0 Å². The highest BCUT2D eigenvalue weighted by atomic mass is 16.5. The second-order valence-electron chi connectivity index (χ2n) is 7.72. The number of para-hydroxylation sites is 1. The first-order valence-corrected chi connectivity index (χ1v) is 9.83. The third-order valence-corrected chi connectivity index (χ3v) is 6.12. The van der Waals surface area contributed by atoms with E-state index in [9.17, 15) is 9.59 Å². The van der Waals surface area contributed by atoms with E-state index in [1.54, 1.807) is 30.2 Å². The molecule has 3 heterocycles. The van der Waals surface area contributed by atoms with Crippen LogP contribution in [0.5, 0.6) is 11.5 Å². The van der Waals surface area contributed by atoms with Gasteiger partial charge in [-0.15, -0.1) is 0 Å². The van der Waals surface area contributed by atoms with Crippen molar-refractivity contribution < 1.29 is 23.8 Å². The average molecular weight is 406 g/mol. The lowest BCUT2D eigenvalue weighted by molar-refractivity contribution is -0.128. The highest BCUT2D eigenvalue weighted by Gasteiger charge is 2.67. The van der Waals surface area contributed by atoms with E-state index < -0.39 is 23.5 Å². The number of anilines is 2. The van der Waals surface area contributed by atoms with Gasteiger partial charge in [-0.05, 0) is 24.3 Å². The summed E-state index contributed by atoms with van der Waals surface area (Å²) in [7, 11) is 3.09. The number of ether oxygens (including phenoxy) is 3. The van der Waals surface area contributed by atoms with Gasteiger partial charge >= 0.3 is 0 Å². The first-order chi connectivity index (χ1) is 14.6. The Morgan fingerprint density at radius 2 is 1.90 bits per heavy atom. The van der Waals surface area contributed by atoms with E-state index >= 15 is 0 Å². The first-order valence-electron chi connectivity index (χ1n) is 9.83. The zero-order chi connectivity index (χ0) is 20.9. The molecule has 7 heteroatoms. The number of hydrogen-bond acceptors (Lipinski definition) is 5. The number of rotatable bonds is 5. The Labute approximate surface area is 174 Å². The predicted molar refractivity (Wildman–Crippen MR) is 111 cm³/mol. The molecule has 154 valence electrons. The van der Waals surface area contributed by atoms with Gasteiger partial charge in [-0.2, -0.15) is 0 Å². The number of benzene rings is 2. The maximum absolute atomic E-state index is 13.3. The molecular weight excluding hydrogens is 384 g/mol. The van der Waals surface area contributed by atoms with Gasteiger partial charge in [0.25, 0.3) is 0 Å². The summed E-state index contributed by atoms with van der Waals surface area (Å²) in [5, 5.41) is 2.92. The fraction of sp³-hybridized carbons (Fsp3) is 0.304. The van der Waals surface area contributed by atoms with Crippen LogP contribution < -0.4 is 19.7 Å². The normalized spacial score (nSPS) is 28.5. The van der Waals surface area contributed by atoms with Crippen molar-refractivity contribution in [3.63, 3.8) is 0 Å². The summed E-state index contributed by atoms with van der Waals surface area (Å²) in [5.41, 5.74) is 0.631. The summed E-state index contributed by atoms with van der Waals surface area (Å²) in [6.45, 7) is 0.410. The summed E-state index contributed by atoms with van der Waals surface area (Å²) in [4.78, 5) is 28.3. The average Bonchev–Trinajstić information content (AvgIpc) is 3.42. The van der Waals surface area contributed by atoms with Gasteiger partial charge in [0.2, 0.25) is 11.8 Å². The van der Waals surface area contributed by atoms with E-state index in [0.717, 1.165) is 5.69 Å². The van der Waals surface area contributed by atoms with Crippen LogP contribution >= 0.6 is 0 Å². The Morgan fingerprint density at radius 1 is 1.13 bits per heavy atom. The summed E-state index contributed by atoms with van der Waals surface area (Å²) in [5.74, 6) is -0.377. The quantitative estimate of drug-likeness (QED) is 0.773. The van der Waals surface area contributed by atoms with Crippen molar-refractivity contribution in [1.82, 2.24) is 0 Å². The molecule has 30 heavy (non-hydrogen) atoms. The van der Waals surface area contributed by atoms with Gasteiger partial charge < -0.3 is 24.4 Å². The molecule has 4 atom stereocenters. The summed E-state index contributed by atoms with van der Waals surface area (Å²) < 4.78 is 16.7. The van der Waals surface area contributed by atoms with Gasteiger partial charge in [0, 0.05) is 17.4 Å². The van der Waals surface area contributed by atoms with Gasteiger partial charge in [0.1, 0.15) is 5.60 Å². The molecule has 7 nitrogen and oxygen atoms in total. The van der Waals surface area contributed by atoms with Gasteiger partial charge in [0.15, 0.2) is 11.5 Å². The van der Waals surface area contributed by atoms with Crippen molar-refractivity contribution >= 4 is 23.2 Å². The number of nitrogens with zero attached hydrogens (tertiary/aromatic N) is 1. The van der Waals surface area contributed by atoms with Gasteiger partial charge in [-0.25, -0.2) is 0 Å². The zero-order valence-corrected chi connectivity index (χ0v) is 16.7. The van der Waals surface area contributed by atoms with Crippen LogP contribution in [-0.2, 0) is 14.3 Å². The number of carbonyl (C=O) groups is 2. The van der Waals surface area contributed by atoms with Crippen molar-refractivity contribution in [2.45, 2.75) is 11.7 Å². The summed E-state index contributed by atoms with van der Waals surface area (Å²) >= 11 is 0. The lowest BCUT2D eigenvalue weighted by atomic mass is 9.77. The van der Waals surface area contributed by atoms with E-state index in [2.05, 4.69) is 5.32 Å². The Kier molecular flexibility index (Phi) is 4.29. The van der Waals surface area contributed by atoms with Crippen LogP contribution in [0.15, 0.2) is 60.7 Å². The lowest BCUT2D eigenvalue weighted by Crippen LogP contribution is -2.41. The molecule has 2 fully saturated rings. The molecule has 0 saturated carbocycles. The fourth-order valence-corrected chi connectivity index (χ4v) is 4.76. The number of hydrogen-bond donors (Lipinski definition) is 1. The monoisotopic (exact) mass is 406 g/mol. The second-order valence-corrected chi connectivity index (χ2v) is 7.72. The third-order valence-electron chi connectivity index (χ3n) is 6.12. The molecule has 2 aromatic carbocycles. The van der Waals surface area contributed by atoms with Crippen LogP contribution in [-0.4, -0.2) is 44.3 Å². The standard InChI is InChI=1S/C23H22N2O5/c1-28-16-9-8-14(12-18(16)29-2)24-21(26)19-17-10-11-23(30-17)13-25(22(27)20(19)23)15-6-4-3-5-7-15/h3-12,17,19-20H,13H2,1-2H3,(H,24,26)/t17-,19+,20-,23-/m0/s1. The smallest absolute Gasteiger partial charge is 0.234 e. The topological polar surface area (TPSA) is 77.1 Å². The zero-order valence-electron chi connectivity index (χ0n) is 16.7. The van der Waals surface area contributed by atoms with Crippen LogP contribution in [0.4, 0.5) is 11.4 Å². The largest absolute Gasteiger partial charge is 0.493 e. The number of carbonyl (C=O) groups excluding carboxylic acids is 2. The molecule has 5 rings (SSSR count). The minimum absolute atomic E-state index is 0.0829. The SMILES string of the molecule is COc1ccc(NC(=O)[C@@H]2[C@@H]3C=C[C@@]4(CN(c5ccccc5)C(=O)[C@H]24)O3)cc1OC. The highest BCUT2D eigenvalue weighted by Crippen LogP contribution is 2.52. The third kappa shape index (κ3) is 2.69. The van der Waals surface area contributed by atoms with E-state index in [4.69, 9.17) is 14.2 Å². The molecule has 2 bridgehead atoms. The van der Waals surface area contributed by atoms with E-state index in [0.29, 0.717) is 23.7 Å². The Balaban J connectivity index is 1.41. The van der Waals surface area contributed by atoms with Gasteiger partial charge in [0.05, 0.1) is 38.7 Å². The number of methoxy groups -OCH3 is 2. The molecule has 3 aliphatic rings. The molecule has 2 aromatic rings. The maximum Gasteiger partial charge on any atom is 0.234 e. The van der Waals surface area contributed by atoms with Crippen molar-refractivity contribution in [3.05, 3.63) is 60.7 Å². The summed E-state index contributed by atoms with van der Waals surface area (Å²) in [6.07, 6.45) is 3.44. The van der Waals surface area contributed by atoms with Crippen molar-refractivity contribution in [1.29, 1.82) is 0 Å². The molecule has 0 unspecified atom stereocenters. The van der Waals surface area contributed by atoms with E-state index in [-0.39, 0.29) is 11.8 Å². The Bertz CT molecular complexity index is 1040. The van der Waals surface area contributed by atoms with Crippen molar-refractivity contribution in [2.24, 2.45) is 11.8 Å².